The topological polar surface area (TPSA) is 59.8 Å². The zero-order valence-corrected chi connectivity index (χ0v) is 18.9. The average Bonchev–Trinajstić information content (AvgIpc) is 3.59. The molecule has 1 aliphatic carbocycles. The van der Waals surface area contributed by atoms with Crippen molar-refractivity contribution < 1.29 is 4.79 Å². The van der Waals surface area contributed by atoms with Crippen LogP contribution in [0.3, 0.4) is 0 Å². The van der Waals surface area contributed by atoms with Crippen molar-refractivity contribution >= 4 is 28.4 Å². The summed E-state index contributed by atoms with van der Waals surface area (Å²) < 4.78 is 2.18. The highest BCUT2D eigenvalue weighted by Gasteiger charge is 2.30. The molecule has 0 radical (unpaired) electrons. The number of hydrogen-bond donors (Lipinski definition) is 1. The van der Waals surface area contributed by atoms with E-state index in [1.807, 2.05) is 43.3 Å². The van der Waals surface area contributed by atoms with Gasteiger partial charge in [0.2, 0.25) is 5.91 Å². The lowest BCUT2D eigenvalue weighted by Crippen LogP contribution is -2.28. The largest absolute Gasteiger partial charge is 0.349 e. The Morgan fingerprint density at radius 2 is 1.78 bits per heavy atom. The van der Waals surface area contributed by atoms with E-state index in [1.165, 1.54) is 40.9 Å². The van der Waals surface area contributed by atoms with E-state index in [0.717, 1.165) is 23.1 Å². The maximum atomic E-state index is 12.8. The van der Waals surface area contributed by atoms with E-state index in [0.29, 0.717) is 11.7 Å². The molecule has 0 bridgehead atoms. The molecular weight excluding hydrogens is 416 g/mol. The number of amides is 1. The number of fused-ring (bicyclic) bond motifs is 1. The minimum atomic E-state index is -0.0709. The fourth-order valence-electron chi connectivity index (χ4n) is 4.08. The second-order valence-corrected chi connectivity index (χ2v) is 9.28. The SMILES string of the molecule is C[C@H](NC(=O)CSc1nnc(C2CC2)n1Cc1ccccc1)c1cccc2ccccc12. The van der Waals surface area contributed by atoms with Crippen LogP contribution in [0.25, 0.3) is 10.8 Å². The third-order valence-corrected chi connectivity index (χ3v) is 6.84. The van der Waals surface area contributed by atoms with Crippen molar-refractivity contribution in [2.24, 2.45) is 0 Å². The second kappa shape index (κ2) is 9.17. The number of nitrogens with zero attached hydrogens (tertiary/aromatic N) is 3. The number of carbonyl (C=O) groups is 1. The number of carbonyl (C=O) groups excluding carboxylic acids is 1. The van der Waals surface area contributed by atoms with Gasteiger partial charge in [-0.3, -0.25) is 4.79 Å². The van der Waals surface area contributed by atoms with E-state index >= 15 is 0 Å². The van der Waals surface area contributed by atoms with E-state index < -0.39 is 0 Å². The fraction of sp³-hybridized carbons (Fsp3) is 0.269. The van der Waals surface area contributed by atoms with Gasteiger partial charge >= 0.3 is 0 Å². The van der Waals surface area contributed by atoms with E-state index in [1.54, 1.807) is 0 Å². The minimum Gasteiger partial charge on any atom is -0.349 e. The van der Waals surface area contributed by atoms with E-state index in [2.05, 4.69) is 56.5 Å². The predicted molar refractivity (Wildman–Crippen MR) is 129 cm³/mol. The summed E-state index contributed by atoms with van der Waals surface area (Å²) in [4.78, 5) is 12.8. The Labute approximate surface area is 192 Å². The zero-order valence-electron chi connectivity index (χ0n) is 18.1. The van der Waals surface area contributed by atoms with Gasteiger partial charge in [0.1, 0.15) is 5.82 Å². The molecule has 0 unspecified atom stereocenters. The van der Waals surface area contributed by atoms with Gasteiger partial charge < -0.3 is 9.88 Å². The molecule has 4 aromatic rings. The lowest BCUT2D eigenvalue weighted by molar-refractivity contribution is -0.119. The van der Waals surface area contributed by atoms with Crippen molar-refractivity contribution in [3.63, 3.8) is 0 Å². The highest BCUT2D eigenvalue weighted by molar-refractivity contribution is 7.99. The zero-order chi connectivity index (χ0) is 21.9. The molecule has 0 saturated heterocycles. The molecule has 1 fully saturated rings. The fourth-order valence-corrected chi connectivity index (χ4v) is 4.84. The smallest absolute Gasteiger partial charge is 0.230 e. The Hall–Kier alpha value is -3.12. The van der Waals surface area contributed by atoms with Crippen molar-refractivity contribution in [2.45, 2.75) is 43.4 Å². The summed E-state index contributed by atoms with van der Waals surface area (Å²) in [5, 5.41) is 15.2. The third-order valence-electron chi connectivity index (χ3n) is 5.87. The lowest BCUT2D eigenvalue weighted by Gasteiger charge is -2.16. The standard InChI is InChI=1S/C26H26N4OS/c1-18(22-13-7-11-20-10-5-6-12-23(20)22)27-24(31)17-32-26-29-28-25(21-14-15-21)30(26)16-19-8-3-2-4-9-19/h2-13,18,21H,14-17H2,1H3,(H,27,31)/t18-/m0/s1. The van der Waals surface area contributed by atoms with Crippen LogP contribution in [0, 0.1) is 0 Å². The van der Waals surface area contributed by atoms with Gasteiger partial charge in [0.25, 0.3) is 0 Å². The highest BCUT2D eigenvalue weighted by atomic mass is 32.2. The average molecular weight is 443 g/mol. The quantitative estimate of drug-likeness (QED) is 0.375. The second-order valence-electron chi connectivity index (χ2n) is 8.33. The third kappa shape index (κ3) is 4.55. The first-order chi connectivity index (χ1) is 15.7. The van der Waals surface area contributed by atoms with Crippen LogP contribution in [0.4, 0.5) is 0 Å². The molecule has 6 heteroatoms. The van der Waals surface area contributed by atoms with Gasteiger partial charge in [-0.25, -0.2) is 0 Å². The first-order valence-electron chi connectivity index (χ1n) is 11.1. The molecule has 32 heavy (non-hydrogen) atoms. The van der Waals surface area contributed by atoms with Crippen LogP contribution in [0.5, 0.6) is 0 Å². The van der Waals surface area contributed by atoms with Crippen LogP contribution in [0.1, 0.15) is 48.7 Å². The number of hydrogen-bond acceptors (Lipinski definition) is 4. The molecule has 1 aromatic heterocycles. The monoisotopic (exact) mass is 442 g/mol. The van der Waals surface area contributed by atoms with Gasteiger partial charge in [-0.05, 0) is 41.7 Å². The van der Waals surface area contributed by atoms with Crippen LogP contribution in [-0.2, 0) is 11.3 Å². The van der Waals surface area contributed by atoms with Gasteiger partial charge in [-0.2, -0.15) is 0 Å². The maximum absolute atomic E-state index is 12.8. The molecule has 1 amide bonds. The number of nitrogens with one attached hydrogen (secondary N) is 1. The summed E-state index contributed by atoms with van der Waals surface area (Å²) in [7, 11) is 0. The number of aromatic nitrogens is 3. The van der Waals surface area contributed by atoms with Crippen molar-refractivity contribution in [1.29, 1.82) is 0 Å². The normalized spacial score (nSPS) is 14.4. The predicted octanol–water partition coefficient (Wildman–Crippen LogP) is 5.33. The highest BCUT2D eigenvalue weighted by Crippen LogP contribution is 2.40. The Bertz CT molecular complexity index is 1230. The summed E-state index contributed by atoms with van der Waals surface area (Å²) in [5.74, 6) is 1.85. The molecule has 162 valence electrons. The van der Waals surface area contributed by atoms with Crippen LogP contribution in [0.15, 0.2) is 78.0 Å². The summed E-state index contributed by atoms with van der Waals surface area (Å²) in [6, 6.07) is 24.8. The summed E-state index contributed by atoms with van der Waals surface area (Å²) >= 11 is 1.46. The van der Waals surface area contributed by atoms with E-state index in [4.69, 9.17) is 0 Å². The lowest BCUT2D eigenvalue weighted by atomic mass is 10.00. The molecule has 0 spiro atoms. The van der Waals surface area contributed by atoms with Crippen LogP contribution in [-0.4, -0.2) is 26.4 Å². The van der Waals surface area contributed by atoms with Crippen LogP contribution < -0.4 is 5.32 Å². The molecule has 1 aliphatic rings. The van der Waals surface area contributed by atoms with Crippen molar-refractivity contribution in [1.82, 2.24) is 20.1 Å². The van der Waals surface area contributed by atoms with Gasteiger partial charge in [0.15, 0.2) is 5.16 Å². The molecule has 1 saturated carbocycles. The van der Waals surface area contributed by atoms with Gasteiger partial charge in [0, 0.05) is 5.92 Å². The number of rotatable bonds is 8. The van der Waals surface area contributed by atoms with E-state index in [9.17, 15) is 4.79 Å². The van der Waals surface area contributed by atoms with Crippen molar-refractivity contribution in [3.05, 3.63) is 89.7 Å². The molecule has 5 rings (SSSR count). The number of benzene rings is 3. The summed E-state index contributed by atoms with van der Waals surface area (Å²) in [6.45, 7) is 2.77. The first kappa shape index (κ1) is 20.8. The Kier molecular flexibility index (Phi) is 5.95. The number of thioether (sulfide) groups is 1. The molecule has 1 heterocycles. The van der Waals surface area contributed by atoms with E-state index in [-0.39, 0.29) is 11.9 Å². The van der Waals surface area contributed by atoms with Crippen LogP contribution in [0.2, 0.25) is 0 Å². The first-order valence-corrected chi connectivity index (χ1v) is 12.0. The Morgan fingerprint density at radius 1 is 1.03 bits per heavy atom. The van der Waals surface area contributed by atoms with Crippen molar-refractivity contribution in [2.75, 3.05) is 5.75 Å². The van der Waals surface area contributed by atoms with Crippen molar-refractivity contribution in [3.8, 4) is 0 Å². The summed E-state index contributed by atoms with van der Waals surface area (Å²) in [6.07, 6.45) is 2.33. The Balaban J connectivity index is 1.27. The molecule has 3 aromatic carbocycles. The Morgan fingerprint density at radius 3 is 2.59 bits per heavy atom. The van der Waals surface area contributed by atoms with Crippen LogP contribution >= 0.6 is 11.8 Å². The minimum absolute atomic E-state index is 0.00216. The maximum Gasteiger partial charge on any atom is 0.230 e. The van der Waals surface area contributed by atoms with Gasteiger partial charge in [-0.1, -0.05) is 84.6 Å². The molecule has 0 aliphatic heterocycles. The molecule has 5 nitrogen and oxygen atoms in total. The molecule has 1 atom stereocenters. The van der Waals surface area contributed by atoms with Gasteiger partial charge in [0.05, 0.1) is 18.3 Å². The molecule has 1 N–H and O–H groups in total. The van der Waals surface area contributed by atoms with Gasteiger partial charge in [-0.15, -0.1) is 10.2 Å². The molecular formula is C26H26N4OS. The summed E-state index contributed by atoms with van der Waals surface area (Å²) in [5.41, 5.74) is 2.34.